The number of fused-ring (bicyclic) bond motifs is 6. The van der Waals surface area contributed by atoms with Gasteiger partial charge >= 0.3 is 5.97 Å². The van der Waals surface area contributed by atoms with E-state index < -0.39 is 78.3 Å². The number of aryl methyl sites for hydroxylation is 2. The highest BCUT2D eigenvalue weighted by Crippen LogP contribution is 2.45. The van der Waals surface area contributed by atoms with Crippen LogP contribution in [0.2, 0.25) is 0 Å². The van der Waals surface area contributed by atoms with E-state index in [1.165, 1.54) is 62.4 Å². The number of aliphatic carboxylic acids is 1. The molecule has 0 saturated carbocycles. The van der Waals surface area contributed by atoms with E-state index in [1.54, 1.807) is 6.92 Å². The standard InChI is InChI=1S/C47H59N9O11/c1-22-37(40(50)55-41(51-22)27-8-9-33-26(15-27)11-12-47(33,4)5)43(61)53-24(3)45(63)56(6)38-28-16-32(39(59)36(17-28)67-21-30(58)19-49)31-13-25(7-10-35(31)66-20-29(57)18-48)14-34(46(64)65)54-42(60)23(2)52-44(38)62/h7-10,13,15-17,23-24,29-30,34,38,57-59H,11-12,14,18-21,48-49H2,1-6H3,(H,52,62)(H,53,61)(H,54,60)(H,64,65)(H2,50,51,55)/t23-,24-,29+,30+,34-,38-/m0/s1. The summed E-state index contributed by atoms with van der Waals surface area (Å²) >= 11 is 0. The Bertz CT molecular complexity index is 2550. The molecule has 13 N–H and O–H groups in total. The van der Waals surface area contributed by atoms with Crippen LogP contribution in [0.4, 0.5) is 5.82 Å². The second kappa shape index (κ2) is 20.3. The van der Waals surface area contributed by atoms with Gasteiger partial charge in [-0.1, -0.05) is 32.0 Å². The Hall–Kier alpha value is -6.87. The highest BCUT2D eigenvalue weighted by atomic mass is 16.5. The molecular formula is C47H59N9O11. The minimum Gasteiger partial charge on any atom is -0.504 e. The van der Waals surface area contributed by atoms with E-state index in [0.717, 1.165) is 23.3 Å². The molecule has 2 heterocycles. The minimum atomic E-state index is -1.64. The second-order valence-electron chi connectivity index (χ2n) is 17.7. The van der Waals surface area contributed by atoms with Crippen LogP contribution >= 0.6 is 0 Å². The normalized spacial score (nSPS) is 19.1. The Kier molecular flexibility index (Phi) is 15.0. The van der Waals surface area contributed by atoms with Crippen molar-refractivity contribution in [2.75, 3.05) is 39.1 Å². The number of rotatable bonds is 14. The number of hydrogen-bond donors (Lipinski definition) is 10. The molecule has 1 aliphatic carbocycles. The van der Waals surface area contributed by atoms with Crippen LogP contribution in [0.1, 0.15) is 78.5 Å². The number of carbonyl (C=O) groups excluding carboxylic acids is 4. The molecule has 4 aromatic rings. The first-order valence-corrected chi connectivity index (χ1v) is 21.8. The van der Waals surface area contributed by atoms with Gasteiger partial charge in [-0.25, -0.2) is 14.8 Å². The van der Waals surface area contributed by atoms with Crippen LogP contribution in [0.15, 0.2) is 48.5 Å². The molecule has 6 rings (SSSR count). The van der Waals surface area contributed by atoms with E-state index in [4.69, 9.17) is 26.7 Å². The number of nitrogens with one attached hydrogen (secondary N) is 3. The van der Waals surface area contributed by atoms with Gasteiger partial charge in [0.1, 0.15) is 66.7 Å². The van der Waals surface area contributed by atoms with Gasteiger partial charge in [0.15, 0.2) is 17.3 Å². The molecular weight excluding hydrogens is 867 g/mol. The fraction of sp³-hybridized carbons (Fsp3) is 0.426. The first kappa shape index (κ1) is 49.6. The Morgan fingerprint density at radius 1 is 0.940 bits per heavy atom. The van der Waals surface area contributed by atoms with E-state index in [2.05, 4.69) is 45.8 Å². The van der Waals surface area contributed by atoms with Crippen LogP contribution in [0.5, 0.6) is 17.2 Å². The van der Waals surface area contributed by atoms with Crippen LogP contribution in [0, 0.1) is 6.92 Å². The van der Waals surface area contributed by atoms with Crippen LogP contribution in [-0.4, -0.2) is 129 Å². The zero-order valence-electron chi connectivity index (χ0n) is 38.3. The molecule has 20 heteroatoms. The number of ether oxygens (including phenoxy) is 2. The van der Waals surface area contributed by atoms with Crippen LogP contribution in [0.25, 0.3) is 22.5 Å². The number of carboxylic acids is 1. The van der Waals surface area contributed by atoms with Crippen molar-refractivity contribution in [3.8, 4) is 39.8 Å². The predicted octanol–water partition coefficient (Wildman–Crippen LogP) is 0.976. The molecule has 3 aromatic carbocycles. The number of anilines is 1. The lowest BCUT2D eigenvalue weighted by atomic mass is 9.86. The third-order valence-electron chi connectivity index (χ3n) is 12.1. The maximum absolute atomic E-state index is 14.5. The first-order valence-electron chi connectivity index (χ1n) is 21.8. The average molecular weight is 926 g/mol. The van der Waals surface area contributed by atoms with Crippen molar-refractivity contribution in [2.45, 2.75) is 95.7 Å². The minimum absolute atomic E-state index is 0.0162. The van der Waals surface area contributed by atoms with Gasteiger partial charge in [-0.2, -0.15) is 0 Å². The summed E-state index contributed by atoms with van der Waals surface area (Å²) in [6, 6.07) is 7.37. The lowest BCUT2D eigenvalue weighted by Gasteiger charge is -2.32. The Morgan fingerprint density at radius 2 is 1.61 bits per heavy atom. The number of nitrogen functional groups attached to an aromatic ring is 1. The maximum Gasteiger partial charge on any atom is 0.326 e. The van der Waals surface area contributed by atoms with Crippen molar-refractivity contribution >= 4 is 35.4 Å². The molecule has 0 unspecified atom stereocenters. The van der Waals surface area contributed by atoms with Crippen molar-refractivity contribution in [2.24, 2.45) is 11.5 Å². The molecule has 0 spiro atoms. The third-order valence-corrected chi connectivity index (χ3v) is 12.1. The molecule has 358 valence electrons. The SMILES string of the molecule is Cc1nc(-c2ccc3c(c2)CCC3(C)C)nc(N)c1C(=O)N[C@@H](C)C(=O)N(C)[C@@H]1C(=O)N[C@@H](C)C(=O)N[C@H](C(=O)O)Cc2ccc(OC[C@H](O)CN)c(c2)-c2cc1cc(OC[C@H](O)CN)c2O. The number of phenols is 1. The fourth-order valence-corrected chi connectivity index (χ4v) is 8.24. The predicted molar refractivity (Wildman–Crippen MR) is 246 cm³/mol. The Balaban J connectivity index is 1.40. The first-order chi connectivity index (χ1) is 31.6. The number of likely N-dealkylation sites (N-methyl/N-ethyl adjacent to an activating group) is 1. The molecule has 1 aliphatic heterocycles. The van der Waals surface area contributed by atoms with Gasteiger partial charge in [0, 0.05) is 43.2 Å². The zero-order valence-corrected chi connectivity index (χ0v) is 38.3. The Labute approximate surface area is 387 Å². The van der Waals surface area contributed by atoms with Crippen LogP contribution in [-0.2, 0) is 37.4 Å². The smallest absolute Gasteiger partial charge is 0.326 e. The Morgan fingerprint density at radius 3 is 2.25 bits per heavy atom. The number of phenolic OH excluding ortho intramolecular Hbond substituents is 1. The zero-order chi connectivity index (χ0) is 49.1. The summed E-state index contributed by atoms with van der Waals surface area (Å²) in [6.07, 6.45) is -0.613. The summed E-state index contributed by atoms with van der Waals surface area (Å²) in [5.41, 5.74) is 21.6. The van der Waals surface area contributed by atoms with Crippen molar-refractivity contribution in [1.29, 1.82) is 0 Å². The van der Waals surface area contributed by atoms with Gasteiger partial charge in [0.2, 0.25) is 17.7 Å². The van der Waals surface area contributed by atoms with Crippen molar-refractivity contribution in [1.82, 2.24) is 30.8 Å². The number of carbonyl (C=O) groups is 5. The molecule has 0 saturated heterocycles. The molecule has 0 radical (unpaired) electrons. The summed E-state index contributed by atoms with van der Waals surface area (Å²) in [5.74, 6) is -5.21. The number of aromatic hydroxyl groups is 1. The topological polar surface area (TPSA) is 328 Å². The van der Waals surface area contributed by atoms with E-state index in [0.29, 0.717) is 11.4 Å². The summed E-state index contributed by atoms with van der Waals surface area (Å²) in [7, 11) is 1.29. The third kappa shape index (κ3) is 10.9. The number of aliphatic hydroxyl groups is 2. The largest absolute Gasteiger partial charge is 0.504 e. The van der Waals surface area contributed by atoms with E-state index in [9.17, 15) is 44.4 Å². The molecule has 4 amide bonds. The van der Waals surface area contributed by atoms with E-state index in [1.807, 2.05) is 12.1 Å². The number of aromatic nitrogens is 2. The summed E-state index contributed by atoms with van der Waals surface area (Å²) in [5, 5.41) is 50.2. The number of hydrogen-bond acceptors (Lipinski definition) is 15. The number of nitrogens with zero attached hydrogens (tertiary/aromatic N) is 3. The number of aliphatic hydroxyl groups excluding tert-OH is 2. The van der Waals surface area contributed by atoms with E-state index in [-0.39, 0.29) is 76.8 Å². The summed E-state index contributed by atoms with van der Waals surface area (Å²) in [4.78, 5) is 78.9. The molecule has 1 aromatic heterocycles. The number of carboxylic acid groups (broad SMARTS) is 1. The fourth-order valence-electron chi connectivity index (χ4n) is 8.24. The second-order valence-corrected chi connectivity index (χ2v) is 17.7. The van der Waals surface area contributed by atoms with E-state index >= 15 is 0 Å². The molecule has 6 atom stereocenters. The molecule has 0 fully saturated rings. The van der Waals surface area contributed by atoms with Crippen molar-refractivity contribution < 1.29 is 53.9 Å². The van der Waals surface area contributed by atoms with Gasteiger partial charge in [0.05, 0.1) is 5.69 Å². The van der Waals surface area contributed by atoms with Gasteiger partial charge < -0.3 is 68.0 Å². The maximum atomic E-state index is 14.5. The number of amides is 4. The molecule has 20 nitrogen and oxygen atoms in total. The van der Waals surface area contributed by atoms with Gasteiger partial charge in [-0.15, -0.1) is 0 Å². The monoisotopic (exact) mass is 925 g/mol. The van der Waals surface area contributed by atoms with Crippen LogP contribution in [0.3, 0.4) is 0 Å². The molecule has 4 bridgehead atoms. The quantitative estimate of drug-likeness (QED) is 0.0843. The van der Waals surface area contributed by atoms with Gasteiger partial charge in [-0.05, 0) is 91.6 Å². The van der Waals surface area contributed by atoms with Gasteiger partial charge in [-0.3, -0.25) is 19.2 Å². The van der Waals surface area contributed by atoms with Gasteiger partial charge in [0.25, 0.3) is 5.91 Å². The number of nitrogens with two attached hydrogens (primary N) is 3. The number of benzene rings is 3. The van der Waals surface area contributed by atoms with Crippen LogP contribution < -0.4 is 42.6 Å². The van der Waals surface area contributed by atoms with Crippen molar-refractivity contribution in [3.63, 3.8) is 0 Å². The molecule has 67 heavy (non-hydrogen) atoms. The summed E-state index contributed by atoms with van der Waals surface area (Å²) < 4.78 is 11.8. The van der Waals surface area contributed by atoms with Crippen molar-refractivity contribution in [3.05, 3.63) is 82.0 Å². The highest BCUT2D eigenvalue weighted by molar-refractivity contribution is 6.02. The molecule has 2 aliphatic rings. The summed E-state index contributed by atoms with van der Waals surface area (Å²) in [6.45, 7) is 7.66. The highest BCUT2D eigenvalue weighted by Gasteiger charge is 2.37. The lowest BCUT2D eigenvalue weighted by Crippen LogP contribution is -2.54. The lowest BCUT2D eigenvalue weighted by molar-refractivity contribution is -0.143. The average Bonchev–Trinajstić information content (AvgIpc) is 3.59.